The molecule has 0 bridgehead atoms. The van der Waals surface area contributed by atoms with Crippen molar-refractivity contribution < 1.29 is 9.21 Å². The van der Waals surface area contributed by atoms with Gasteiger partial charge in [-0.15, -0.1) is 0 Å². The third-order valence-electron chi connectivity index (χ3n) is 3.55. The highest BCUT2D eigenvalue weighted by atomic mass is 16.3. The van der Waals surface area contributed by atoms with Crippen LogP contribution in [0.25, 0.3) is 0 Å². The molecule has 0 spiro atoms. The van der Waals surface area contributed by atoms with Gasteiger partial charge in [0, 0.05) is 44.2 Å². The van der Waals surface area contributed by atoms with Crippen LogP contribution >= 0.6 is 0 Å². The number of aromatic nitrogens is 1. The first-order valence-electron chi connectivity index (χ1n) is 7.68. The number of benzene rings is 1. The zero-order chi connectivity index (χ0) is 15.9. The first-order chi connectivity index (χ1) is 10.6. The lowest BCUT2D eigenvalue weighted by Gasteiger charge is -2.21. The number of hydrogen-bond donors (Lipinski definition) is 1. The van der Waals surface area contributed by atoms with E-state index in [-0.39, 0.29) is 5.91 Å². The van der Waals surface area contributed by atoms with Gasteiger partial charge in [-0.2, -0.15) is 0 Å². The second-order valence-corrected chi connectivity index (χ2v) is 5.13. The van der Waals surface area contributed by atoms with Gasteiger partial charge in [0.1, 0.15) is 6.26 Å². The van der Waals surface area contributed by atoms with Crippen LogP contribution in [0.3, 0.4) is 0 Å². The van der Waals surface area contributed by atoms with Crippen molar-refractivity contribution in [2.75, 3.05) is 23.3 Å². The van der Waals surface area contributed by atoms with Crippen molar-refractivity contribution in [3.05, 3.63) is 42.1 Å². The summed E-state index contributed by atoms with van der Waals surface area (Å²) in [6.45, 7) is 8.00. The maximum absolute atomic E-state index is 11.9. The van der Waals surface area contributed by atoms with Crippen molar-refractivity contribution in [2.24, 2.45) is 0 Å². The second-order valence-electron chi connectivity index (χ2n) is 5.13. The molecule has 1 aromatic carbocycles. The van der Waals surface area contributed by atoms with E-state index in [2.05, 4.69) is 29.0 Å². The number of hydrogen-bond acceptors (Lipinski definition) is 4. The lowest BCUT2D eigenvalue weighted by atomic mass is 10.2. The summed E-state index contributed by atoms with van der Waals surface area (Å²) >= 11 is 0. The molecule has 0 unspecified atom stereocenters. The predicted molar refractivity (Wildman–Crippen MR) is 88.2 cm³/mol. The average molecular weight is 301 g/mol. The fourth-order valence-electron chi connectivity index (χ4n) is 2.33. The molecule has 0 aliphatic rings. The number of aryl methyl sites for hydroxylation is 2. The Labute approximate surface area is 131 Å². The highest BCUT2D eigenvalue weighted by Crippen LogP contribution is 2.18. The molecule has 118 valence electrons. The van der Waals surface area contributed by atoms with Gasteiger partial charge in [0.15, 0.2) is 5.89 Å². The van der Waals surface area contributed by atoms with E-state index in [0.29, 0.717) is 18.7 Å². The SMILES string of the molecule is CCN(CC)c1ccc(NC(=O)CCc2coc(C)n2)cc1. The van der Waals surface area contributed by atoms with Gasteiger partial charge in [-0.3, -0.25) is 4.79 Å². The summed E-state index contributed by atoms with van der Waals surface area (Å²) in [5.41, 5.74) is 2.79. The Morgan fingerprint density at radius 2 is 1.91 bits per heavy atom. The van der Waals surface area contributed by atoms with Crippen molar-refractivity contribution in [2.45, 2.75) is 33.6 Å². The van der Waals surface area contributed by atoms with Crippen molar-refractivity contribution in [1.29, 1.82) is 0 Å². The lowest BCUT2D eigenvalue weighted by molar-refractivity contribution is -0.116. The van der Waals surface area contributed by atoms with Gasteiger partial charge < -0.3 is 14.6 Å². The van der Waals surface area contributed by atoms with E-state index in [4.69, 9.17) is 4.42 Å². The summed E-state index contributed by atoms with van der Waals surface area (Å²) in [6, 6.07) is 7.94. The Bertz CT molecular complexity index is 601. The summed E-state index contributed by atoms with van der Waals surface area (Å²) in [4.78, 5) is 18.4. The third kappa shape index (κ3) is 4.35. The highest BCUT2D eigenvalue weighted by molar-refractivity contribution is 5.91. The summed E-state index contributed by atoms with van der Waals surface area (Å²) in [5, 5.41) is 2.91. The molecule has 0 saturated heterocycles. The van der Waals surface area contributed by atoms with Crippen LogP contribution in [0, 0.1) is 6.92 Å². The monoisotopic (exact) mass is 301 g/mol. The largest absolute Gasteiger partial charge is 0.449 e. The average Bonchev–Trinajstić information content (AvgIpc) is 2.94. The maximum Gasteiger partial charge on any atom is 0.224 e. The van der Waals surface area contributed by atoms with Crippen LogP contribution in [0.4, 0.5) is 11.4 Å². The minimum Gasteiger partial charge on any atom is -0.449 e. The fraction of sp³-hybridized carbons (Fsp3) is 0.412. The molecule has 1 heterocycles. The molecule has 0 radical (unpaired) electrons. The van der Waals surface area contributed by atoms with E-state index in [9.17, 15) is 4.79 Å². The van der Waals surface area contributed by atoms with E-state index in [0.717, 1.165) is 24.5 Å². The molecule has 0 aliphatic heterocycles. The zero-order valence-corrected chi connectivity index (χ0v) is 13.4. The van der Waals surface area contributed by atoms with E-state index in [1.165, 1.54) is 5.69 Å². The quantitative estimate of drug-likeness (QED) is 0.851. The number of oxazole rings is 1. The molecule has 1 N–H and O–H groups in total. The number of anilines is 2. The number of rotatable bonds is 7. The van der Waals surface area contributed by atoms with Crippen LogP contribution in [0.1, 0.15) is 31.9 Å². The van der Waals surface area contributed by atoms with Crippen molar-refractivity contribution in [1.82, 2.24) is 4.98 Å². The Hall–Kier alpha value is -2.30. The van der Waals surface area contributed by atoms with Crippen molar-refractivity contribution in [3.8, 4) is 0 Å². The highest BCUT2D eigenvalue weighted by Gasteiger charge is 2.07. The van der Waals surface area contributed by atoms with Gasteiger partial charge in [-0.1, -0.05) is 0 Å². The first-order valence-corrected chi connectivity index (χ1v) is 7.68. The number of amides is 1. The van der Waals surface area contributed by atoms with Crippen LogP contribution in [0.5, 0.6) is 0 Å². The number of carbonyl (C=O) groups excluding carboxylic acids is 1. The molecule has 1 amide bonds. The molecule has 5 heteroatoms. The number of nitrogens with one attached hydrogen (secondary N) is 1. The molecule has 0 fully saturated rings. The van der Waals surface area contributed by atoms with Crippen LogP contribution < -0.4 is 10.2 Å². The Morgan fingerprint density at radius 1 is 1.23 bits per heavy atom. The van der Waals surface area contributed by atoms with Crippen molar-refractivity contribution >= 4 is 17.3 Å². The molecule has 5 nitrogen and oxygen atoms in total. The maximum atomic E-state index is 11.9. The molecular formula is C17H23N3O2. The molecular weight excluding hydrogens is 278 g/mol. The normalized spacial score (nSPS) is 10.5. The van der Waals surface area contributed by atoms with Gasteiger partial charge in [-0.05, 0) is 38.1 Å². The van der Waals surface area contributed by atoms with Crippen LogP contribution in [-0.4, -0.2) is 24.0 Å². The van der Waals surface area contributed by atoms with Gasteiger partial charge in [-0.25, -0.2) is 4.98 Å². The summed E-state index contributed by atoms with van der Waals surface area (Å²) in [5.74, 6) is 0.610. The minimum atomic E-state index is -0.0174. The Morgan fingerprint density at radius 3 is 2.45 bits per heavy atom. The predicted octanol–water partition coefficient (Wildman–Crippen LogP) is 3.40. The van der Waals surface area contributed by atoms with Crippen molar-refractivity contribution in [3.63, 3.8) is 0 Å². The number of nitrogens with zero attached hydrogens (tertiary/aromatic N) is 2. The van der Waals surface area contributed by atoms with Gasteiger partial charge >= 0.3 is 0 Å². The standard InChI is InChI=1S/C17H23N3O2/c1-4-20(5-2)16-9-6-14(7-10-16)19-17(21)11-8-15-12-22-13(3)18-15/h6-7,9-10,12H,4-5,8,11H2,1-3H3,(H,19,21). The second kappa shape index (κ2) is 7.64. The molecule has 2 aromatic rings. The smallest absolute Gasteiger partial charge is 0.224 e. The summed E-state index contributed by atoms with van der Waals surface area (Å²) < 4.78 is 5.12. The minimum absolute atomic E-state index is 0.0174. The molecule has 0 saturated carbocycles. The lowest BCUT2D eigenvalue weighted by Crippen LogP contribution is -2.21. The zero-order valence-electron chi connectivity index (χ0n) is 13.4. The van der Waals surface area contributed by atoms with E-state index in [1.54, 1.807) is 13.2 Å². The van der Waals surface area contributed by atoms with Crippen LogP contribution in [0.2, 0.25) is 0 Å². The van der Waals surface area contributed by atoms with E-state index in [1.807, 2.05) is 24.3 Å². The molecule has 22 heavy (non-hydrogen) atoms. The molecule has 2 rings (SSSR count). The summed E-state index contributed by atoms with van der Waals surface area (Å²) in [6.07, 6.45) is 2.58. The summed E-state index contributed by atoms with van der Waals surface area (Å²) in [7, 11) is 0. The van der Waals surface area contributed by atoms with Crippen LogP contribution in [-0.2, 0) is 11.2 Å². The van der Waals surface area contributed by atoms with Crippen LogP contribution in [0.15, 0.2) is 34.9 Å². The third-order valence-corrected chi connectivity index (χ3v) is 3.55. The number of carbonyl (C=O) groups is 1. The molecule has 1 aromatic heterocycles. The molecule has 0 aliphatic carbocycles. The van der Waals surface area contributed by atoms with E-state index < -0.39 is 0 Å². The topological polar surface area (TPSA) is 58.4 Å². The Balaban J connectivity index is 1.86. The van der Waals surface area contributed by atoms with Gasteiger partial charge in [0.05, 0.1) is 5.69 Å². The Kier molecular flexibility index (Phi) is 5.58. The van der Waals surface area contributed by atoms with Gasteiger partial charge in [0.25, 0.3) is 0 Å². The van der Waals surface area contributed by atoms with E-state index >= 15 is 0 Å². The van der Waals surface area contributed by atoms with Gasteiger partial charge in [0.2, 0.25) is 5.91 Å². The fourth-order valence-corrected chi connectivity index (χ4v) is 2.33. The first kappa shape index (κ1) is 16.1. The molecule has 0 atom stereocenters.